The number of methoxy groups -OCH3 is 1. The number of hydrogen-bond donors (Lipinski definition) is 1. The molecule has 0 saturated carbocycles. The molecule has 1 aromatic rings. The molecule has 3 heteroatoms. The van der Waals surface area contributed by atoms with Crippen molar-refractivity contribution in [1.82, 2.24) is 5.32 Å². The molecule has 20 heavy (non-hydrogen) atoms. The molecule has 1 N–H and O–H groups in total. The number of hydrogen-bond acceptors (Lipinski definition) is 2. The Balaban J connectivity index is 2.78. The minimum Gasteiger partial charge on any atom is -0.494 e. The maximum atomic E-state index is 13.8. The van der Waals surface area contributed by atoms with E-state index in [-0.39, 0.29) is 5.82 Å². The van der Waals surface area contributed by atoms with Crippen molar-refractivity contribution in [3.8, 4) is 5.75 Å². The van der Waals surface area contributed by atoms with Crippen LogP contribution in [0.1, 0.15) is 45.1 Å². The quantitative estimate of drug-likeness (QED) is 0.733. The second kappa shape index (κ2) is 8.96. The highest BCUT2D eigenvalue weighted by Gasteiger charge is 2.19. The van der Waals surface area contributed by atoms with Crippen LogP contribution in [0, 0.1) is 11.7 Å². The fourth-order valence-electron chi connectivity index (χ4n) is 2.88. The molecule has 0 heterocycles. The molecule has 0 amide bonds. The third kappa shape index (κ3) is 4.78. The summed E-state index contributed by atoms with van der Waals surface area (Å²) in [5.74, 6) is 0.691. The first-order valence-electron chi connectivity index (χ1n) is 7.65. The van der Waals surface area contributed by atoms with Crippen LogP contribution in [0.2, 0.25) is 0 Å². The summed E-state index contributed by atoms with van der Waals surface area (Å²) in [4.78, 5) is 0. The van der Waals surface area contributed by atoms with Crippen LogP contribution in [-0.4, -0.2) is 20.2 Å². The second-order valence-corrected chi connectivity index (χ2v) is 5.41. The molecule has 1 unspecified atom stereocenters. The van der Waals surface area contributed by atoms with Crippen molar-refractivity contribution in [2.45, 2.75) is 52.0 Å². The largest absolute Gasteiger partial charge is 0.494 e. The summed E-state index contributed by atoms with van der Waals surface area (Å²) in [6, 6.07) is 5.67. The maximum Gasteiger partial charge on any atom is 0.165 e. The molecule has 0 saturated heterocycles. The van der Waals surface area contributed by atoms with Gasteiger partial charge >= 0.3 is 0 Å². The van der Waals surface area contributed by atoms with Gasteiger partial charge in [-0.15, -0.1) is 0 Å². The van der Waals surface area contributed by atoms with Gasteiger partial charge in [-0.2, -0.15) is 0 Å². The fourth-order valence-corrected chi connectivity index (χ4v) is 2.88. The second-order valence-electron chi connectivity index (χ2n) is 5.41. The molecule has 0 aliphatic carbocycles. The normalized spacial score (nSPS) is 12.7. The average molecular weight is 281 g/mol. The molecule has 0 aliphatic heterocycles. The van der Waals surface area contributed by atoms with Crippen molar-refractivity contribution < 1.29 is 9.13 Å². The zero-order chi connectivity index (χ0) is 15.0. The fraction of sp³-hybridized carbons (Fsp3) is 0.647. The van der Waals surface area contributed by atoms with E-state index in [1.54, 1.807) is 12.1 Å². The van der Waals surface area contributed by atoms with Crippen molar-refractivity contribution in [3.63, 3.8) is 0 Å². The smallest absolute Gasteiger partial charge is 0.165 e. The number of ether oxygens (including phenoxy) is 1. The molecule has 0 radical (unpaired) electrons. The number of nitrogens with one attached hydrogen (secondary N) is 1. The number of rotatable bonds is 9. The van der Waals surface area contributed by atoms with E-state index in [4.69, 9.17) is 4.74 Å². The minimum absolute atomic E-state index is 0.276. The van der Waals surface area contributed by atoms with Crippen molar-refractivity contribution in [1.29, 1.82) is 0 Å². The lowest BCUT2D eigenvalue weighted by molar-refractivity contribution is 0.322. The highest BCUT2D eigenvalue weighted by Crippen LogP contribution is 2.23. The van der Waals surface area contributed by atoms with Crippen molar-refractivity contribution >= 4 is 0 Å². The predicted octanol–water partition coefficient (Wildman–Crippen LogP) is 4.18. The van der Waals surface area contributed by atoms with Gasteiger partial charge in [0.2, 0.25) is 0 Å². The van der Waals surface area contributed by atoms with Crippen LogP contribution in [0.4, 0.5) is 4.39 Å². The van der Waals surface area contributed by atoms with Gasteiger partial charge < -0.3 is 10.1 Å². The third-order valence-corrected chi connectivity index (χ3v) is 3.93. The van der Waals surface area contributed by atoms with Gasteiger partial charge in [0.05, 0.1) is 7.11 Å². The van der Waals surface area contributed by atoms with E-state index in [9.17, 15) is 4.39 Å². The van der Waals surface area contributed by atoms with E-state index < -0.39 is 0 Å². The molecule has 114 valence electrons. The lowest BCUT2D eigenvalue weighted by Gasteiger charge is -2.26. The van der Waals surface area contributed by atoms with Gasteiger partial charge in [-0.25, -0.2) is 4.39 Å². The topological polar surface area (TPSA) is 21.3 Å². The van der Waals surface area contributed by atoms with Gasteiger partial charge in [-0.05, 0) is 49.9 Å². The Morgan fingerprint density at radius 3 is 2.30 bits per heavy atom. The van der Waals surface area contributed by atoms with Gasteiger partial charge in [0, 0.05) is 6.04 Å². The van der Waals surface area contributed by atoms with E-state index in [0.29, 0.717) is 17.7 Å². The highest BCUT2D eigenvalue weighted by molar-refractivity contribution is 5.29. The average Bonchev–Trinajstić information content (AvgIpc) is 2.45. The van der Waals surface area contributed by atoms with Crippen molar-refractivity contribution in [2.75, 3.05) is 14.2 Å². The zero-order valence-electron chi connectivity index (χ0n) is 13.2. The van der Waals surface area contributed by atoms with Crippen LogP contribution < -0.4 is 10.1 Å². The Morgan fingerprint density at radius 2 is 1.85 bits per heavy atom. The summed E-state index contributed by atoms with van der Waals surface area (Å²) in [6.07, 6.45) is 5.69. The molecule has 0 aromatic heterocycles. The molecular formula is C17H28FNO. The Morgan fingerprint density at radius 1 is 1.20 bits per heavy atom. The van der Waals surface area contributed by atoms with Gasteiger partial charge in [-0.1, -0.05) is 32.8 Å². The molecule has 1 aromatic carbocycles. The first-order chi connectivity index (χ1) is 9.65. The Hall–Kier alpha value is -1.09. The molecule has 0 spiro atoms. The Kier molecular flexibility index (Phi) is 7.60. The highest BCUT2D eigenvalue weighted by atomic mass is 19.1. The predicted molar refractivity (Wildman–Crippen MR) is 82.8 cm³/mol. The molecule has 0 bridgehead atoms. The van der Waals surface area contributed by atoms with Gasteiger partial charge in [0.1, 0.15) is 0 Å². The van der Waals surface area contributed by atoms with Gasteiger partial charge in [0.25, 0.3) is 0 Å². The standard InChI is InChI=1S/C17H28FNO/c1-5-7-14(8-6-2)16(19-3)12-13-9-10-17(20-4)15(18)11-13/h9-11,14,16,19H,5-8,12H2,1-4H3. The van der Waals surface area contributed by atoms with Crippen LogP contribution in [0.25, 0.3) is 0 Å². The summed E-state index contributed by atoms with van der Waals surface area (Å²) in [5.41, 5.74) is 1.03. The van der Waals surface area contributed by atoms with Gasteiger partial charge in [0.15, 0.2) is 11.6 Å². The van der Waals surface area contributed by atoms with E-state index >= 15 is 0 Å². The van der Waals surface area contributed by atoms with Crippen LogP contribution in [-0.2, 0) is 6.42 Å². The summed E-state index contributed by atoms with van der Waals surface area (Å²) in [7, 11) is 3.50. The van der Waals surface area contributed by atoms with E-state index in [1.807, 2.05) is 13.1 Å². The van der Waals surface area contributed by atoms with Crippen LogP contribution in [0.5, 0.6) is 5.75 Å². The first kappa shape index (κ1) is 17.0. The molecule has 2 nitrogen and oxygen atoms in total. The lowest BCUT2D eigenvalue weighted by Crippen LogP contribution is -2.35. The molecule has 1 atom stereocenters. The third-order valence-electron chi connectivity index (χ3n) is 3.93. The Bertz CT molecular complexity index is 389. The lowest BCUT2D eigenvalue weighted by atomic mass is 9.87. The minimum atomic E-state index is -0.276. The maximum absolute atomic E-state index is 13.8. The van der Waals surface area contributed by atoms with Crippen LogP contribution >= 0.6 is 0 Å². The summed E-state index contributed by atoms with van der Waals surface area (Å²) < 4.78 is 18.7. The Labute approximate surface area is 122 Å². The van der Waals surface area contributed by atoms with Crippen molar-refractivity contribution in [2.24, 2.45) is 5.92 Å². The number of benzene rings is 1. The number of halogens is 1. The van der Waals surface area contributed by atoms with Crippen LogP contribution in [0.3, 0.4) is 0 Å². The molecule has 1 rings (SSSR count). The van der Waals surface area contributed by atoms with E-state index in [0.717, 1.165) is 12.0 Å². The summed E-state index contributed by atoms with van der Waals surface area (Å²) >= 11 is 0. The van der Waals surface area contributed by atoms with Gasteiger partial charge in [-0.3, -0.25) is 0 Å². The van der Waals surface area contributed by atoms with Crippen LogP contribution in [0.15, 0.2) is 18.2 Å². The monoisotopic (exact) mass is 281 g/mol. The molecular weight excluding hydrogens is 253 g/mol. The first-order valence-corrected chi connectivity index (χ1v) is 7.65. The SMILES string of the molecule is CCCC(CCC)C(Cc1ccc(OC)c(F)c1)NC. The number of likely N-dealkylation sites (N-methyl/N-ethyl adjacent to an activating group) is 1. The molecule has 0 fully saturated rings. The summed E-state index contributed by atoms with van der Waals surface area (Å²) in [6.45, 7) is 4.45. The molecule has 0 aliphatic rings. The summed E-state index contributed by atoms with van der Waals surface area (Å²) in [5, 5.41) is 3.41. The van der Waals surface area contributed by atoms with Crippen molar-refractivity contribution in [3.05, 3.63) is 29.6 Å². The van der Waals surface area contributed by atoms with E-state index in [2.05, 4.69) is 19.2 Å². The van der Waals surface area contributed by atoms with E-state index in [1.165, 1.54) is 32.8 Å². The zero-order valence-corrected chi connectivity index (χ0v) is 13.2.